The Kier molecular flexibility index (Phi) is 44.5. The zero-order valence-electron chi connectivity index (χ0n) is 38.2. The molecular formula is C53H88O6. The fourth-order valence-electron chi connectivity index (χ4n) is 6.25. The van der Waals surface area contributed by atoms with Gasteiger partial charge in [0.25, 0.3) is 0 Å². The topological polar surface area (TPSA) is 78.9 Å². The van der Waals surface area contributed by atoms with Crippen molar-refractivity contribution in [1.29, 1.82) is 0 Å². The lowest BCUT2D eigenvalue weighted by molar-refractivity contribution is -0.167. The van der Waals surface area contributed by atoms with Crippen molar-refractivity contribution >= 4 is 17.9 Å². The van der Waals surface area contributed by atoms with Crippen LogP contribution in [0.2, 0.25) is 0 Å². The van der Waals surface area contributed by atoms with Gasteiger partial charge in [0.15, 0.2) is 6.10 Å². The second-order valence-electron chi connectivity index (χ2n) is 15.7. The monoisotopic (exact) mass is 821 g/mol. The van der Waals surface area contributed by atoms with Gasteiger partial charge in [-0.05, 0) is 96.3 Å². The molecule has 0 aromatic carbocycles. The second kappa shape index (κ2) is 47.3. The number of hydrogen-bond donors (Lipinski definition) is 0. The Morgan fingerprint density at radius 1 is 0.373 bits per heavy atom. The van der Waals surface area contributed by atoms with Crippen LogP contribution in [0.15, 0.2) is 85.1 Å². The van der Waals surface area contributed by atoms with E-state index in [0.717, 1.165) is 116 Å². The summed E-state index contributed by atoms with van der Waals surface area (Å²) in [4.78, 5) is 37.8. The van der Waals surface area contributed by atoms with Crippen molar-refractivity contribution in [1.82, 2.24) is 0 Å². The van der Waals surface area contributed by atoms with E-state index in [2.05, 4.69) is 106 Å². The van der Waals surface area contributed by atoms with Gasteiger partial charge in [-0.1, -0.05) is 183 Å². The van der Waals surface area contributed by atoms with E-state index >= 15 is 0 Å². The molecule has 0 bridgehead atoms. The van der Waals surface area contributed by atoms with Gasteiger partial charge in [0, 0.05) is 19.3 Å². The first kappa shape index (κ1) is 55.6. The van der Waals surface area contributed by atoms with Crippen LogP contribution in [0.1, 0.15) is 213 Å². The number of rotatable bonds is 42. The lowest BCUT2D eigenvalue weighted by Crippen LogP contribution is -2.30. The summed E-state index contributed by atoms with van der Waals surface area (Å²) >= 11 is 0. The summed E-state index contributed by atoms with van der Waals surface area (Å²) in [5.74, 6) is -0.990. The number of allylic oxidation sites excluding steroid dienone is 14. The molecule has 6 nitrogen and oxygen atoms in total. The van der Waals surface area contributed by atoms with Gasteiger partial charge in [0.1, 0.15) is 13.2 Å². The van der Waals surface area contributed by atoms with Crippen molar-refractivity contribution < 1.29 is 28.6 Å². The molecule has 1 unspecified atom stereocenters. The van der Waals surface area contributed by atoms with Gasteiger partial charge in [-0.3, -0.25) is 14.4 Å². The van der Waals surface area contributed by atoms with Crippen molar-refractivity contribution in [3.05, 3.63) is 85.1 Å². The molecule has 1 atom stereocenters. The van der Waals surface area contributed by atoms with Crippen LogP contribution in [0.5, 0.6) is 0 Å². The van der Waals surface area contributed by atoms with Gasteiger partial charge in [-0.15, -0.1) is 0 Å². The molecule has 6 heteroatoms. The second-order valence-corrected chi connectivity index (χ2v) is 15.7. The molecule has 0 aromatic rings. The van der Waals surface area contributed by atoms with Crippen LogP contribution in [-0.2, 0) is 28.6 Å². The molecule has 0 spiro atoms. The minimum atomic E-state index is -0.809. The third-order valence-corrected chi connectivity index (χ3v) is 9.91. The lowest BCUT2D eigenvalue weighted by atomic mass is 10.1. The Balaban J connectivity index is 4.50. The minimum absolute atomic E-state index is 0.109. The maximum Gasteiger partial charge on any atom is 0.306 e. The molecule has 0 fully saturated rings. The van der Waals surface area contributed by atoms with Crippen LogP contribution in [-0.4, -0.2) is 37.2 Å². The fraction of sp³-hybridized carbons (Fsp3) is 0.679. The first-order valence-electron chi connectivity index (χ1n) is 24.1. The summed E-state index contributed by atoms with van der Waals surface area (Å²) in [5.41, 5.74) is 0. The summed E-state index contributed by atoms with van der Waals surface area (Å²) in [5, 5.41) is 0. The first-order valence-corrected chi connectivity index (χ1v) is 24.1. The zero-order valence-corrected chi connectivity index (χ0v) is 38.2. The molecule has 59 heavy (non-hydrogen) atoms. The van der Waals surface area contributed by atoms with E-state index in [9.17, 15) is 14.4 Å². The van der Waals surface area contributed by atoms with E-state index in [0.29, 0.717) is 12.8 Å². The van der Waals surface area contributed by atoms with E-state index in [4.69, 9.17) is 14.2 Å². The van der Waals surface area contributed by atoms with E-state index in [-0.39, 0.29) is 37.5 Å². The molecule has 0 amide bonds. The van der Waals surface area contributed by atoms with E-state index in [1.54, 1.807) is 0 Å². The molecule has 0 saturated heterocycles. The molecule has 0 aliphatic rings. The summed E-state index contributed by atoms with van der Waals surface area (Å²) < 4.78 is 16.7. The maximum atomic E-state index is 12.7. The normalized spacial score (nSPS) is 12.8. The highest BCUT2D eigenvalue weighted by atomic mass is 16.6. The largest absolute Gasteiger partial charge is 0.462 e. The molecule has 0 radical (unpaired) electrons. The Morgan fingerprint density at radius 3 is 1.20 bits per heavy atom. The summed E-state index contributed by atoms with van der Waals surface area (Å²) in [6.45, 7) is 6.38. The van der Waals surface area contributed by atoms with Crippen LogP contribution in [0.3, 0.4) is 0 Å². The SMILES string of the molecule is CC/C=C\C/C=C\C/C=C\CCCCCCC(=O)OC(COC(=O)CCCCC/C=C\C=C/CCCC)COC(=O)CCCCC/C=C\C=C/CCCCCCCCC. The summed E-state index contributed by atoms with van der Waals surface area (Å²) in [6.07, 6.45) is 60.0. The van der Waals surface area contributed by atoms with Crippen LogP contribution in [0.25, 0.3) is 0 Å². The van der Waals surface area contributed by atoms with E-state index in [1.807, 2.05) is 0 Å². The molecule has 336 valence electrons. The minimum Gasteiger partial charge on any atom is -0.462 e. The quantitative estimate of drug-likeness (QED) is 0.0201. The predicted molar refractivity (Wildman–Crippen MR) is 251 cm³/mol. The number of carbonyl (C=O) groups excluding carboxylic acids is 3. The molecule has 0 aliphatic carbocycles. The van der Waals surface area contributed by atoms with Gasteiger partial charge in [-0.25, -0.2) is 0 Å². The van der Waals surface area contributed by atoms with Crippen molar-refractivity contribution in [3.63, 3.8) is 0 Å². The third-order valence-electron chi connectivity index (χ3n) is 9.91. The maximum absolute atomic E-state index is 12.7. The standard InChI is InChI=1S/C53H88O6/c1-4-7-10-13-16-19-22-24-26-27-29-31-34-37-40-43-46-52(55)58-49-50(48-57-51(54)45-42-39-36-33-30-21-18-15-12-9-6-3)59-53(56)47-44-41-38-35-32-28-25-23-20-17-14-11-8-5-2/h8,11,15,17-18,20-21,25-31,50H,4-7,9-10,12-14,16,19,22-24,32-49H2,1-3H3/b11-8-,18-15-,20-17-,27-26-,28-25-,30-21-,31-29-. The number of hydrogen-bond acceptors (Lipinski definition) is 6. The first-order chi connectivity index (χ1) is 29.0. The highest BCUT2D eigenvalue weighted by Crippen LogP contribution is 2.12. The number of carbonyl (C=O) groups is 3. The average Bonchev–Trinajstić information content (AvgIpc) is 3.23. The molecule has 0 rings (SSSR count). The Hall–Kier alpha value is -3.41. The number of ether oxygens (including phenoxy) is 3. The molecular weight excluding hydrogens is 733 g/mol. The Bertz CT molecular complexity index is 1170. The molecule has 0 heterocycles. The van der Waals surface area contributed by atoms with Gasteiger partial charge in [0.05, 0.1) is 0 Å². The van der Waals surface area contributed by atoms with Crippen molar-refractivity contribution in [2.75, 3.05) is 13.2 Å². The summed E-state index contributed by atoms with van der Waals surface area (Å²) in [6, 6.07) is 0. The Morgan fingerprint density at radius 2 is 0.729 bits per heavy atom. The van der Waals surface area contributed by atoms with Crippen LogP contribution >= 0.6 is 0 Å². The van der Waals surface area contributed by atoms with Gasteiger partial charge < -0.3 is 14.2 Å². The highest BCUT2D eigenvalue weighted by Gasteiger charge is 2.19. The molecule has 0 saturated carbocycles. The van der Waals surface area contributed by atoms with Gasteiger partial charge >= 0.3 is 17.9 Å². The van der Waals surface area contributed by atoms with Gasteiger partial charge in [-0.2, -0.15) is 0 Å². The van der Waals surface area contributed by atoms with Crippen molar-refractivity contribution in [3.8, 4) is 0 Å². The molecule has 0 aromatic heterocycles. The van der Waals surface area contributed by atoms with Crippen molar-refractivity contribution in [2.24, 2.45) is 0 Å². The van der Waals surface area contributed by atoms with Crippen LogP contribution in [0, 0.1) is 0 Å². The molecule has 0 N–H and O–H groups in total. The number of esters is 3. The van der Waals surface area contributed by atoms with Crippen LogP contribution < -0.4 is 0 Å². The smallest absolute Gasteiger partial charge is 0.306 e. The predicted octanol–water partition coefficient (Wildman–Crippen LogP) is 15.6. The zero-order chi connectivity index (χ0) is 43.0. The van der Waals surface area contributed by atoms with Crippen LogP contribution in [0.4, 0.5) is 0 Å². The average molecular weight is 821 g/mol. The van der Waals surface area contributed by atoms with E-state index < -0.39 is 6.10 Å². The highest BCUT2D eigenvalue weighted by molar-refractivity contribution is 5.71. The van der Waals surface area contributed by atoms with Crippen molar-refractivity contribution in [2.45, 2.75) is 219 Å². The summed E-state index contributed by atoms with van der Waals surface area (Å²) in [7, 11) is 0. The van der Waals surface area contributed by atoms with E-state index in [1.165, 1.54) is 57.8 Å². The number of unbranched alkanes of at least 4 members (excludes halogenated alkanes) is 19. The Labute approximate surface area is 363 Å². The third kappa shape index (κ3) is 45.5. The lowest BCUT2D eigenvalue weighted by Gasteiger charge is -2.18. The fourth-order valence-corrected chi connectivity index (χ4v) is 6.25. The molecule has 0 aliphatic heterocycles. The van der Waals surface area contributed by atoms with Gasteiger partial charge in [0.2, 0.25) is 0 Å².